The van der Waals surface area contributed by atoms with Crippen molar-refractivity contribution in [3.63, 3.8) is 0 Å². The first-order valence-electron chi connectivity index (χ1n) is 7.87. The minimum atomic E-state index is -4.51. The molecule has 0 saturated carbocycles. The zero-order valence-electron chi connectivity index (χ0n) is 14.4. The molecule has 6 nitrogen and oxygen atoms in total. The number of rotatable bonds is 4. The van der Waals surface area contributed by atoms with E-state index in [4.69, 9.17) is 5.73 Å². The third-order valence-electron chi connectivity index (χ3n) is 3.74. The number of aryl methyl sites for hydroxylation is 1. The number of nitrogens with zero attached hydrogens (tertiary/aromatic N) is 4. The highest BCUT2D eigenvalue weighted by molar-refractivity contribution is 6.22. The molecule has 0 aliphatic rings. The molecule has 2 aromatic heterocycles. The predicted molar refractivity (Wildman–Crippen MR) is 92.8 cm³/mol. The third kappa shape index (κ3) is 4.22. The van der Waals surface area contributed by atoms with E-state index >= 15 is 0 Å². The molecule has 0 saturated heterocycles. The van der Waals surface area contributed by atoms with Gasteiger partial charge in [-0.3, -0.25) is 4.79 Å². The smallest absolute Gasteiger partial charge is 0.366 e. The number of hydrogen-bond acceptors (Lipinski definition) is 4. The van der Waals surface area contributed by atoms with Gasteiger partial charge in [-0.25, -0.2) is 14.6 Å². The van der Waals surface area contributed by atoms with Crippen LogP contribution in [0.15, 0.2) is 42.9 Å². The summed E-state index contributed by atoms with van der Waals surface area (Å²) in [5.74, 6) is -1.63. The van der Waals surface area contributed by atoms with Crippen LogP contribution in [0.5, 0.6) is 0 Å². The number of hydrogen-bond donors (Lipinski definition) is 1. The van der Waals surface area contributed by atoms with Crippen LogP contribution in [0, 0.1) is 12.9 Å². The van der Waals surface area contributed by atoms with Crippen molar-refractivity contribution in [2.45, 2.75) is 13.1 Å². The Morgan fingerprint density at radius 3 is 2.57 bits per heavy atom. The molecule has 0 aliphatic carbocycles. The van der Waals surface area contributed by atoms with E-state index in [0.29, 0.717) is 5.56 Å². The van der Waals surface area contributed by atoms with Crippen LogP contribution in [0.3, 0.4) is 0 Å². The summed E-state index contributed by atoms with van der Waals surface area (Å²) in [5.41, 5.74) is 5.17. The van der Waals surface area contributed by atoms with E-state index in [2.05, 4.69) is 15.1 Å². The second-order valence-electron chi connectivity index (χ2n) is 5.91. The maximum absolute atomic E-state index is 13.3. The van der Waals surface area contributed by atoms with E-state index < -0.39 is 23.6 Å². The fourth-order valence-electron chi connectivity index (χ4n) is 2.53. The van der Waals surface area contributed by atoms with Gasteiger partial charge in [-0.15, -0.1) is 5.10 Å². The van der Waals surface area contributed by atoms with Crippen molar-refractivity contribution in [1.82, 2.24) is 19.7 Å². The number of primary amides is 1. The molecule has 1 aromatic carbocycles. The topological polar surface area (TPSA) is 86.7 Å². The Kier molecular flexibility index (Phi) is 4.95. The van der Waals surface area contributed by atoms with Gasteiger partial charge in [0.2, 0.25) is 5.95 Å². The average Bonchev–Trinajstić information content (AvgIpc) is 3.07. The number of carbonyl (C=O) groups is 1. The number of amides is 1. The van der Waals surface area contributed by atoms with Crippen LogP contribution in [-0.4, -0.2) is 25.7 Å². The maximum atomic E-state index is 13.3. The van der Waals surface area contributed by atoms with Crippen LogP contribution in [0.2, 0.25) is 0 Å². The molecule has 0 unspecified atom stereocenters. The minimum absolute atomic E-state index is 0.0233. The summed E-state index contributed by atoms with van der Waals surface area (Å²) in [7, 11) is 0. The molecule has 0 spiro atoms. The zero-order chi connectivity index (χ0) is 20.5. The SMILES string of the molecule is Cc1cc(-c2ncn(/C=C(\C(N)=O)c3ccnc(F)c3)n2)cc(C(F)(F)F)c1. The van der Waals surface area contributed by atoms with Gasteiger partial charge in [0.1, 0.15) is 6.33 Å². The second kappa shape index (κ2) is 7.22. The molecule has 2 N–H and O–H groups in total. The summed E-state index contributed by atoms with van der Waals surface area (Å²) in [6.07, 6.45) is -0.938. The first-order valence-corrected chi connectivity index (χ1v) is 7.87. The number of benzene rings is 1. The summed E-state index contributed by atoms with van der Waals surface area (Å²) in [4.78, 5) is 19.1. The number of carbonyl (C=O) groups excluding carboxylic acids is 1. The third-order valence-corrected chi connectivity index (χ3v) is 3.74. The normalized spacial score (nSPS) is 12.2. The Morgan fingerprint density at radius 2 is 1.93 bits per heavy atom. The number of halogens is 4. The highest BCUT2D eigenvalue weighted by Crippen LogP contribution is 2.32. The van der Waals surface area contributed by atoms with Crippen molar-refractivity contribution in [2.24, 2.45) is 5.73 Å². The average molecular weight is 391 g/mol. The van der Waals surface area contributed by atoms with Gasteiger partial charge in [-0.2, -0.15) is 17.6 Å². The lowest BCUT2D eigenvalue weighted by Crippen LogP contribution is -2.14. The summed E-state index contributed by atoms with van der Waals surface area (Å²) in [6, 6.07) is 5.86. The quantitative estimate of drug-likeness (QED) is 0.420. The van der Waals surface area contributed by atoms with Crippen molar-refractivity contribution >= 4 is 17.7 Å². The monoisotopic (exact) mass is 391 g/mol. The van der Waals surface area contributed by atoms with Crippen molar-refractivity contribution < 1.29 is 22.4 Å². The lowest BCUT2D eigenvalue weighted by atomic mass is 10.1. The first-order chi connectivity index (χ1) is 13.1. The van der Waals surface area contributed by atoms with E-state index in [9.17, 15) is 22.4 Å². The predicted octanol–water partition coefficient (Wildman–Crippen LogP) is 3.29. The van der Waals surface area contributed by atoms with Gasteiger partial charge in [0.15, 0.2) is 5.82 Å². The van der Waals surface area contributed by atoms with Crippen molar-refractivity contribution in [3.05, 3.63) is 65.5 Å². The van der Waals surface area contributed by atoms with Gasteiger partial charge in [-0.05, 0) is 42.3 Å². The fraction of sp³-hybridized carbons (Fsp3) is 0.111. The zero-order valence-corrected chi connectivity index (χ0v) is 14.4. The fourth-order valence-corrected chi connectivity index (χ4v) is 2.53. The molecule has 28 heavy (non-hydrogen) atoms. The van der Waals surface area contributed by atoms with E-state index in [1.165, 1.54) is 37.8 Å². The van der Waals surface area contributed by atoms with Gasteiger partial charge in [0.05, 0.1) is 11.1 Å². The van der Waals surface area contributed by atoms with Crippen LogP contribution in [0.1, 0.15) is 16.7 Å². The molecular weight excluding hydrogens is 378 g/mol. The molecule has 1 amide bonds. The number of nitrogens with two attached hydrogens (primary N) is 1. The standard InChI is InChI=1S/C18H13F4N5O/c1-10-4-12(6-13(5-10)18(20,21)22)17-25-9-27(26-17)8-14(16(23)28)11-2-3-24-15(19)7-11/h2-9H,1H3,(H2,23,28)/b14-8-. The van der Waals surface area contributed by atoms with Crippen LogP contribution in [0.4, 0.5) is 17.6 Å². The molecule has 0 radical (unpaired) electrons. The molecule has 3 aromatic rings. The molecule has 0 fully saturated rings. The van der Waals surface area contributed by atoms with Gasteiger partial charge in [0.25, 0.3) is 5.91 Å². The molecule has 10 heteroatoms. The molecular formula is C18H13F4N5O. The van der Waals surface area contributed by atoms with Crippen LogP contribution in [-0.2, 0) is 11.0 Å². The number of alkyl halides is 3. The minimum Gasteiger partial charge on any atom is -0.366 e. The van der Waals surface area contributed by atoms with E-state index in [-0.39, 0.29) is 22.5 Å². The number of pyridine rings is 1. The van der Waals surface area contributed by atoms with Gasteiger partial charge in [-0.1, -0.05) is 0 Å². The van der Waals surface area contributed by atoms with E-state index in [1.807, 2.05) is 0 Å². The molecule has 144 valence electrons. The van der Waals surface area contributed by atoms with Crippen LogP contribution < -0.4 is 5.73 Å². The Morgan fingerprint density at radius 1 is 1.18 bits per heavy atom. The van der Waals surface area contributed by atoms with Gasteiger partial charge in [0, 0.05) is 24.0 Å². The summed E-state index contributed by atoms with van der Waals surface area (Å²) >= 11 is 0. The molecule has 0 bridgehead atoms. The van der Waals surface area contributed by atoms with E-state index in [0.717, 1.165) is 22.9 Å². The summed E-state index contributed by atoms with van der Waals surface area (Å²) in [6.45, 7) is 1.53. The van der Waals surface area contributed by atoms with Gasteiger partial charge >= 0.3 is 6.18 Å². The summed E-state index contributed by atoms with van der Waals surface area (Å²) < 4.78 is 53.4. The van der Waals surface area contributed by atoms with E-state index in [1.54, 1.807) is 0 Å². The van der Waals surface area contributed by atoms with Crippen molar-refractivity contribution in [1.29, 1.82) is 0 Å². The Labute approximate surface area is 156 Å². The Hall–Kier alpha value is -3.56. The largest absolute Gasteiger partial charge is 0.416 e. The maximum Gasteiger partial charge on any atom is 0.416 e. The highest BCUT2D eigenvalue weighted by atomic mass is 19.4. The second-order valence-corrected chi connectivity index (χ2v) is 5.91. The Bertz CT molecular complexity index is 1070. The summed E-state index contributed by atoms with van der Waals surface area (Å²) in [5, 5.41) is 4.06. The molecule has 0 atom stereocenters. The van der Waals surface area contributed by atoms with Crippen molar-refractivity contribution in [2.75, 3.05) is 0 Å². The number of aromatic nitrogens is 4. The van der Waals surface area contributed by atoms with Crippen LogP contribution >= 0.6 is 0 Å². The van der Waals surface area contributed by atoms with Crippen molar-refractivity contribution in [3.8, 4) is 11.4 Å². The lowest BCUT2D eigenvalue weighted by Gasteiger charge is -2.09. The lowest BCUT2D eigenvalue weighted by molar-refractivity contribution is -0.137. The molecule has 3 rings (SSSR count). The first kappa shape index (κ1) is 19.2. The van der Waals surface area contributed by atoms with Crippen LogP contribution in [0.25, 0.3) is 23.2 Å². The highest BCUT2D eigenvalue weighted by Gasteiger charge is 2.31. The molecule has 2 heterocycles. The van der Waals surface area contributed by atoms with Gasteiger partial charge < -0.3 is 5.73 Å². The molecule has 0 aliphatic heterocycles. The Balaban J connectivity index is 2.01.